The maximum absolute atomic E-state index is 13.9. The number of rotatable bonds is 7. The molecule has 7 heteroatoms. The average molecular weight is 422 g/mol. The molecule has 0 unspecified atom stereocenters. The number of hydrogen-bond acceptors (Lipinski definition) is 5. The van der Waals surface area contributed by atoms with Crippen LogP contribution in [-0.2, 0) is 22.7 Å². The number of halogens is 1. The molecule has 0 aliphatic heterocycles. The minimum Gasteiger partial charge on any atom is -0.489 e. The van der Waals surface area contributed by atoms with Crippen LogP contribution in [-0.4, -0.2) is 29.2 Å². The molecule has 0 aliphatic rings. The maximum Gasteiger partial charge on any atom is 0.357 e. The first-order valence-electron chi connectivity index (χ1n) is 9.97. The predicted molar refractivity (Wildman–Crippen MR) is 116 cm³/mol. The van der Waals surface area contributed by atoms with Gasteiger partial charge >= 0.3 is 5.97 Å². The van der Waals surface area contributed by atoms with E-state index in [1.165, 1.54) is 6.07 Å². The number of carbonyl (C=O) groups is 1. The lowest BCUT2D eigenvalue weighted by Gasteiger charge is -2.12. The quantitative estimate of drug-likeness (QED) is 0.417. The number of nitrogens with zero attached hydrogens (tertiary/aromatic N) is 1. The molecule has 2 aromatic heterocycles. The van der Waals surface area contributed by atoms with Gasteiger partial charge < -0.3 is 19.2 Å². The Labute approximate surface area is 179 Å². The van der Waals surface area contributed by atoms with Crippen molar-refractivity contribution in [3.05, 3.63) is 71.3 Å². The fourth-order valence-electron chi connectivity index (χ4n) is 3.54. The van der Waals surface area contributed by atoms with Gasteiger partial charge in [0.05, 0.1) is 24.4 Å². The highest BCUT2D eigenvalue weighted by atomic mass is 19.1. The Balaban J connectivity index is 1.77. The number of fused-ring (bicyclic) bond motifs is 3. The lowest BCUT2D eigenvalue weighted by molar-refractivity contribution is 0.0366. The van der Waals surface area contributed by atoms with Gasteiger partial charge in [0, 0.05) is 34.5 Å². The Kier molecular flexibility index (Phi) is 5.86. The van der Waals surface area contributed by atoms with Gasteiger partial charge in [-0.1, -0.05) is 18.2 Å². The van der Waals surface area contributed by atoms with Gasteiger partial charge in [0.25, 0.3) is 0 Å². The standard InChI is InChI=1S/C24H23FN2O4/c1-14(2)31-24(28)23-18(13-29-3)22-17-10-16(8-9-20(17)27-21(22)11-26-23)30-12-15-6-4-5-7-19(15)25/h4-11,14,27H,12-13H2,1-3H3. The normalized spacial score (nSPS) is 11.4. The number of hydrogen-bond donors (Lipinski definition) is 1. The Hall–Kier alpha value is -3.45. The van der Waals surface area contributed by atoms with Crippen molar-refractivity contribution in [2.24, 2.45) is 0 Å². The molecule has 1 N–H and O–H groups in total. The molecule has 0 fully saturated rings. The highest BCUT2D eigenvalue weighted by Crippen LogP contribution is 2.33. The molecule has 4 aromatic rings. The molecule has 0 saturated heterocycles. The maximum atomic E-state index is 13.9. The van der Waals surface area contributed by atoms with E-state index in [2.05, 4.69) is 9.97 Å². The SMILES string of the molecule is COCc1c(C(=O)OC(C)C)ncc2[nH]c3ccc(OCc4ccccc4F)cc3c12. The van der Waals surface area contributed by atoms with Crippen molar-refractivity contribution >= 4 is 27.8 Å². The number of methoxy groups -OCH3 is 1. The zero-order valence-corrected chi connectivity index (χ0v) is 17.6. The largest absolute Gasteiger partial charge is 0.489 e. The Morgan fingerprint density at radius 1 is 1.13 bits per heavy atom. The van der Waals surface area contributed by atoms with Crippen molar-refractivity contribution in [1.29, 1.82) is 0 Å². The molecule has 2 aromatic carbocycles. The summed E-state index contributed by atoms with van der Waals surface area (Å²) in [7, 11) is 1.56. The number of ether oxygens (including phenoxy) is 3. The van der Waals surface area contributed by atoms with Crippen LogP contribution in [0.1, 0.15) is 35.5 Å². The van der Waals surface area contributed by atoms with Crippen molar-refractivity contribution in [2.45, 2.75) is 33.2 Å². The number of aromatic amines is 1. The number of aromatic nitrogens is 2. The number of nitrogens with one attached hydrogen (secondary N) is 1. The highest BCUT2D eigenvalue weighted by molar-refractivity contribution is 6.11. The Morgan fingerprint density at radius 3 is 2.68 bits per heavy atom. The predicted octanol–water partition coefficient (Wildman–Crippen LogP) is 5.15. The molecule has 31 heavy (non-hydrogen) atoms. The minimum absolute atomic E-state index is 0.110. The number of benzene rings is 2. The lowest BCUT2D eigenvalue weighted by atomic mass is 10.1. The van der Waals surface area contributed by atoms with Gasteiger partial charge in [-0.2, -0.15) is 0 Å². The van der Waals surface area contributed by atoms with Crippen LogP contribution in [0.5, 0.6) is 5.75 Å². The molecule has 0 spiro atoms. The van der Waals surface area contributed by atoms with E-state index in [4.69, 9.17) is 14.2 Å². The molecular weight excluding hydrogens is 399 g/mol. The van der Waals surface area contributed by atoms with Gasteiger partial charge in [0.1, 0.15) is 18.2 Å². The zero-order valence-electron chi connectivity index (χ0n) is 17.6. The first-order chi connectivity index (χ1) is 15.0. The van der Waals surface area contributed by atoms with Crippen molar-refractivity contribution in [1.82, 2.24) is 9.97 Å². The van der Waals surface area contributed by atoms with Crippen LogP contribution in [0.15, 0.2) is 48.7 Å². The van der Waals surface area contributed by atoms with Crippen LogP contribution in [0.25, 0.3) is 21.8 Å². The number of carbonyl (C=O) groups excluding carboxylic acids is 1. The second-order valence-electron chi connectivity index (χ2n) is 7.47. The fourth-order valence-corrected chi connectivity index (χ4v) is 3.54. The van der Waals surface area contributed by atoms with Crippen molar-refractivity contribution in [3.8, 4) is 5.75 Å². The zero-order chi connectivity index (χ0) is 22.0. The topological polar surface area (TPSA) is 73.4 Å². The molecule has 0 bridgehead atoms. The van der Waals surface area contributed by atoms with Crippen molar-refractivity contribution < 1.29 is 23.4 Å². The number of esters is 1. The van der Waals surface area contributed by atoms with Gasteiger partial charge in [-0.15, -0.1) is 0 Å². The highest BCUT2D eigenvalue weighted by Gasteiger charge is 2.21. The summed E-state index contributed by atoms with van der Waals surface area (Å²) in [6.45, 7) is 3.88. The summed E-state index contributed by atoms with van der Waals surface area (Å²) in [6, 6.07) is 12.1. The summed E-state index contributed by atoms with van der Waals surface area (Å²) in [6.07, 6.45) is 1.35. The van der Waals surface area contributed by atoms with E-state index in [0.717, 1.165) is 21.8 Å². The van der Waals surface area contributed by atoms with E-state index in [-0.39, 0.29) is 30.8 Å². The van der Waals surface area contributed by atoms with E-state index in [1.807, 2.05) is 18.2 Å². The summed E-state index contributed by atoms with van der Waals surface area (Å²) in [5, 5.41) is 1.67. The van der Waals surface area contributed by atoms with E-state index in [1.54, 1.807) is 45.4 Å². The summed E-state index contributed by atoms with van der Waals surface area (Å²) in [5.74, 6) is -0.217. The molecule has 0 aliphatic carbocycles. The third kappa shape index (κ3) is 4.22. The first kappa shape index (κ1) is 20.8. The molecule has 0 saturated carbocycles. The fraction of sp³-hybridized carbons (Fsp3) is 0.250. The molecule has 4 rings (SSSR count). The molecule has 6 nitrogen and oxygen atoms in total. The van der Waals surface area contributed by atoms with Crippen LogP contribution < -0.4 is 4.74 Å². The second kappa shape index (κ2) is 8.73. The number of pyridine rings is 1. The minimum atomic E-state index is -0.495. The van der Waals surface area contributed by atoms with E-state index in [9.17, 15) is 9.18 Å². The van der Waals surface area contributed by atoms with Gasteiger partial charge in [-0.3, -0.25) is 0 Å². The Morgan fingerprint density at radius 2 is 1.94 bits per heavy atom. The summed E-state index contributed by atoms with van der Waals surface area (Å²) in [4.78, 5) is 20.2. The third-order valence-electron chi connectivity index (χ3n) is 4.89. The van der Waals surface area contributed by atoms with Crippen molar-refractivity contribution in [3.63, 3.8) is 0 Å². The monoisotopic (exact) mass is 422 g/mol. The van der Waals surface area contributed by atoms with Crippen LogP contribution >= 0.6 is 0 Å². The Bertz CT molecular complexity index is 1250. The van der Waals surface area contributed by atoms with E-state index < -0.39 is 5.97 Å². The number of H-pyrrole nitrogens is 1. The summed E-state index contributed by atoms with van der Waals surface area (Å²) >= 11 is 0. The van der Waals surface area contributed by atoms with Crippen LogP contribution in [0, 0.1) is 5.82 Å². The molecular formula is C24H23FN2O4. The third-order valence-corrected chi connectivity index (χ3v) is 4.89. The van der Waals surface area contributed by atoms with Crippen LogP contribution in [0.3, 0.4) is 0 Å². The molecule has 0 radical (unpaired) electrons. The van der Waals surface area contributed by atoms with Crippen molar-refractivity contribution in [2.75, 3.05) is 7.11 Å². The molecule has 0 atom stereocenters. The lowest BCUT2D eigenvalue weighted by Crippen LogP contribution is -2.15. The van der Waals surface area contributed by atoms with Gasteiger partial charge in [0.15, 0.2) is 5.69 Å². The summed E-state index contributed by atoms with van der Waals surface area (Å²) in [5.41, 5.74) is 2.98. The van der Waals surface area contributed by atoms with Gasteiger partial charge in [-0.05, 0) is 38.1 Å². The van der Waals surface area contributed by atoms with E-state index in [0.29, 0.717) is 16.9 Å². The van der Waals surface area contributed by atoms with E-state index >= 15 is 0 Å². The van der Waals surface area contributed by atoms with Gasteiger partial charge in [0.2, 0.25) is 0 Å². The molecule has 160 valence electrons. The van der Waals surface area contributed by atoms with Crippen LogP contribution in [0.4, 0.5) is 4.39 Å². The first-order valence-corrected chi connectivity index (χ1v) is 9.97. The average Bonchev–Trinajstić information content (AvgIpc) is 3.11. The smallest absolute Gasteiger partial charge is 0.357 e. The molecule has 0 amide bonds. The van der Waals surface area contributed by atoms with Crippen LogP contribution in [0.2, 0.25) is 0 Å². The summed E-state index contributed by atoms with van der Waals surface area (Å²) < 4.78 is 30.5. The van der Waals surface area contributed by atoms with Gasteiger partial charge in [-0.25, -0.2) is 14.2 Å². The second-order valence-corrected chi connectivity index (χ2v) is 7.47. The molecule has 2 heterocycles.